The summed E-state index contributed by atoms with van der Waals surface area (Å²) in [6.45, 7) is 2.11. The van der Waals surface area contributed by atoms with E-state index < -0.39 is 5.97 Å². The Balaban J connectivity index is 1.64. The largest absolute Gasteiger partial charge is 0.462 e. The zero-order chi connectivity index (χ0) is 15.5. The minimum Gasteiger partial charge on any atom is -0.462 e. The zero-order valence-corrected chi connectivity index (χ0v) is 13.8. The molecule has 0 saturated heterocycles. The molecule has 1 heterocycles. The van der Waals surface area contributed by atoms with E-state index in [9.17, 15) is 4.79 Å². The average Bonchev–Trinajstić information content (AvgIpc) is 2.89. The molecule has 6 heteroatoms. The molecule has 2 aromatic rings. The van der Waals surface area contributed by atoms with Crippen molar-refractivity contribution in [2.24, 2.45) is 0 Å². The molecular formula is C16H16BrN3O2. The number of carbonyl (C=O) groups excluding carboxylic acids is 1. The van der Waals surface area contributed by atoms with E-state index in [-0.39, 0.29) is 6.04 Å². The van der Waals surface area contributed by atoms with Crippen molar-refractivity contribution in [1.29, 1.82) is 0 Å². The Bertz CT molecular complexity index is 688. The van der Waals surface area contributed by atoms with Crippen LogP contribution in [0.4, 0.5) is 5.95 Å². The van der Waals surface area contributed by atoms with Gasteiger partial charge in [-0.05, 0) is 43.0 Å². The molecule has 1 atom stereocenters. The van der Waals surface area contributed by atoms with E-state index in [4.69, 9.17) is 4.74 Å². The highest BCUT2D eigenvalue weighted by Crippen LogP contribution is 2.26. The van der Waals surface area contributed by atoms with E-state index in [1.807, 2.05) is 0 Å². The first kappa shape index (κ1) is 15.0. The number of nitrogens with one attached hydrogen (secondary N) is 1. The van der Waals surface area contributed by atoms with Gasteiger partial charge in [-0.3, -0.25) is 0 Å². The predicted octanol–water partition coefficient (Wildman–Crippen LogP) is 3.00. The molecule has 0 radical (unpaired) electrons. The van der Waals surface area contributed by atoms with Crippen LogP contribution in [-0.4, -0.2) is 28.6 Å². The summed E-state index contributed by atoms with van der Waals surface area (Å²) in [5.41, 5.74) is 3.06. The molecular weight excluding hydrogens is 346 g/mol. The van der Waals surface area contributed by atoms with Crippen molar-refractivity contribution in [3.05, 3.63) is 51.8 Å². The van der Waals surface area contributed by atoms with Crippen molar-refractivity contribution >= 4 is 27.8 Å². The Morgan fingerprint density at radius 3 is 2.77 bits per heavy atom. The van der Waals surface area contributed by atoms with Crippen LogP contribution in [-0.2, 0) is 17.6 Å². The van der Waals surface area contributed by atoms with Crippen LogP contribution in [0.25, 0.3) is 0 Å². The third-order valence-corrected chi connectivity index (χ3v) is 4.09. The van der Waals surface area contributed by atoms with Crippen molar-refractivity contribution in [2.75, 3.05) is 11.9 Å². The lowest BCUT2D eigenvalue weighted by Gasteiger charge is -2.11. The van der Waals surface area contributed by atoms with Gasteiger partial charge >= 0.3 is 5.97 Å². The van der Waals surface area contributed by atoms with Crippen molar-refractivity contribution in [3.63, 3.8) is 0 Å². The quantitative estimate of drug-likeness (QED) is 0.848. The fraction of sp³-hybridized carbons (Fsp3) is 0.312. The van der Waals surface area contributed by atoms with Gasteiger partial charge in [-0.25, -0.2) is 14.8 Å². The van der Waals surface area contributed by atoms with E-state index in [0.717, 1.165) is 17.3 Å². The first-order valence-electron chi connectivity index (χ1n) is 7.18. The van der Waals surface area contributed by atoms with E-state index >= 15 is 0 Å². The zero-order valence-electron chi connectivity index (χ0n) is 12.2. The lowest BCUT2D eigenvalue weighted by atomic mass is 10.1. The van der Waals surface area contributed by atoms with Gasteiger partial charge < -0.3 is 10.1 Å². The van der Waals surface area contributed by atoms with Gasteiger partial charge in [0.05, 0.1) is 12.2 Å². The van der Waals surface area contributed by atoms with Crippen molar-refractivity contribution in [3.8, 4) is 0 Å². The van der Waals surface area contributed by atoms with Gasteiger partial charge in [0, 0.05) is 22.9 Å². The Morgan fingerprint density at radius 2 is 2.05 bits per heavy atom. The van der Waals surface area contributed by atoms with Crippen LogP contribution in [0, 0.1) is 0 Å². The smallest absolute Gasteiger partial charge is 0.341 e. The number of anilines is 1. The molecule has 22 heavy (non-hydrogen) atoms. The fourth-order valence-electron chi connectivity index (χ4n) is 2.59. The lowest BCUT2D eigenvalue weighted by molar-refractivity contribution is 0.0525. The molecule has 1 aliphatic carbocycles. The SMILES string of the molecule is CCOC(=O)c1cnc(NC2Cc3ccc(Br)cc3C2)nc1. The topological polar surface area (TPSA) is 64.1 Å². The van der Waals surface area contributed by atoms with E-state index in [1.54, 1.807) is 6.92 Å². The molecule has 1 aliphatic rings. The Kier molecular flexibility index (Phi) is 4.38. The molecule has 0 amide bonds. The third kappa shape index (κ3) is 3.27. The van der Waals surface area contributed by atoms with Gasteiger partial charge in [0.2, 0.25) is 5.95 Å². The maximum atomic E-state index is 11.6. The lowest BCUT2D eigenvalue weighted by Crippen LogP contribution is -2.21. The molecule has 0 fully saturated rings. The summed E-state index contributed by atoms with van der Waals surface area (Å²) in [6, 6.07) is 6.64. The number of hydrogen-bond acceptors (Lipinski definition) is 5. The summed E-state index contributed by atoms with van der Waals surface area (Å²) in [4.78, 5) is 19.9. The van der Waals surface area contributed by atoms with Crippen molar-refractivity contribution < 1.29 is 9.53 Å². The summed E-state index contributed by atoms with van der Waals surface area (Å²) in [7, 11) is 0. The molecule has 0 saturated carbocycles. The monoisotopic (exact) mass is 361 g/mol. The number of esters is 1. The molecule has 114 valence electrons. The van der Waals surface area contributed by atoms with Crippen LogP contribution in [0.15, 0.2) is 35.1 Å². The second-order valence-electron chi connectivity index (χ2n) is 5.18. The highest BCUT2D eigenvalue weighted by atomic mass is 79.9. The summed E-state index contributed by atoms with van der Waals surface area (Å²) in [5.74, 6) is 0.136. The van der Waals surface area contributed by atoms with Gasteiger partial charge in [0.1, 0.15) is 0 Å². The maximum Gasteiger partial charge on any atom is 0.341 e. The molecule has 0 spiro atoms. The summed E-state index contributed by atoms with van der Waals surface area (Å²) in [6.07, 6.45) is 4.88. The number of carbonyl (C=O) groups is 1. The fourth-order valence-corrected chi connectivity index (χ4v) is 3.00. The number of halogens is 1. The van der Waals surface area contributed by atoms with E-state index in [0.29, 0.717) is 18.1 Å². The molecule has 0 aliphatic heterocycles. The second-order valence-corrected chi connectivity index (χ2v) is 6.09. The molecule has 1 aromatic heterocycles. The minimum absolute atomic E-state index is 0.276. The summed E-state index contributed by atoms with van der Waals surface area (Å²) < 4.78 is 6.01. The Morgan fingerprint density at radius 1 is 1.32 bits per heavy atom. The number of rotatable bonds is 4. The molecule has 1 aromatic carbocycles. The van der Waals surface area contributed by atoms with Crippen molar-refractivity contribution in [1.82, 2.24) is 9.97 Å². The number of benzene rings is 1. The van der Waals surface area contributed by atoms with E-state index in [2.05, 4.69) is 49.4 Å². The van der Waals surface area contributed by atoms with Crippen LogP contribution < -0.4 is 5.32 Å². The molecule has 1 N–H and O–H groups in total. The van der Waals surface area contributed by atoms with Gasteiger partial charge in [0.25, 0.3) is 0 Å². The minimum atomic E-state index is -0.396. The van der Waals surface area contributed by atoms with Crippen LogP contribution in [0.3, 0.4) is 0 Å². The van der Waals surface area contributed by atoms with Gasteiger partial charge in [-0.15, -0.1) is 0 Å². The van der Waals surface area contributed by atoms with E-state index in [1.165, 1.54) is 23.5 Å². The summed E-state index contributed by atoms with van der Waals surface area (Å²) in [5, 5.41) is 3.32. The van der Waals surface area contributed by atoms with Crippen LogP contribution in [0.1, 0.15) is 28.4 Å². The second kappa shape index (κ2) is 6.44. The maximum absolute atomic E-state index is 11.6. The van der Waals surface area contributed by atoms with Gasteiger partial charge in [-0.1, -0.05) is 22.0 Å². The normalized spacial score (nSPS) is 16.2. The molecule has 3 rings (SSSR count). The highest BCUT2D eigenvalue weighted by Gasteiger charge is 2.22. The Labute approximate surface area is 137 Å². The average molecular weight is 362 g/mol. The third-order valence-electron chi connectivity index (χ3n) is 3.60. The predicted molar refractivity (Wildman–Crippen MR) is 86.9 cm³/mol. The number of nitrogens with zero attached hydrogens (tertiary/aromatic N) is 2. The molecule has 5 nitrogen and oxygen atoms in total. The van der Waals surface area contributed by atoms with Crippen molar-refractivity contribution in [2.45, 2.75) is 25.8 Å². The molecule has 0 bridgehead atoms. The molecule has 1 unspecified atom stereocenters. The summed E-state index contributed by atoms with van der Waals surface area (Å²) >= 11 is 3.50. The van der Waals surface area contributed by atoms with Crippen LogP contribution >= 0.6 is 15.9 Å². The van der Waals surface area contributed by atoms with Crippen LogP contribution in [0.2, 0.25) is 0 Å². The first-order chi connectivity index (χ1) is 10.7. The number of hydrogen-bond donors (Lipinski definition) is 1. The first-order valence-corrected chi connectivity index (χ1v) is 7.98. The van der Waals surface area contributed by atoms with Crippen LogP contribution in [0.5, 0.6) is 0 Å². The Hall–Kier alpha value is -1.95. The number of aromatic nitrogens is 2. The van der Waals surface area contributed by atoms with Gasteiger partial charge in [0.15, 0.2) is 0 Å². The number of fused-ring (bicyclic) bond motifs is 1. The number of ether oxygens (including phenoxy) is 1. The standard InChI is InChI=1S/C16H16BrN3O2/c1-2-22-15(21)12-8-18-16(19-9-12)20-14-6-10-3-4-13(17)5-11(10)7-14/h3-5,8-9,14H,2,6-7H2,1H3,(H,18,19,20). The van der Waals surface area contributed by atoms with Gasteiger partial charge in [-0.2, -0.15) is 0 Å². The highest BCUT2D eigenvalue weighted by molar-refractivity contribution is 9.10.